The molecule has 72 valence electrons. The molecule has 1 aromatic heterocycles. The lowest BCUT2D eigenvalue weighted by molar-refractivity contribution is 0.397. The van der Waals surface area contributed by atoms with Gasteiger partial charge in [0.1, 0.15) is 0 Å². The van der Waals surface area contributed by atoms with E-state index in [0.29, 0.717) is 0 Å². The van der Waals surface area contributed by atoms with Crippen molar-refractivity contribution in [2.45, 2.75) is 46.1 Å². The summed E-state index contributed by atoms with van der Waals surface area (Å²) >= 11 is 0. The van der Waals surface area contributed by atoms with Crippen LogP contribution in [-0.2, 0) is 0 Å². The van der Waals surface area contributed by atoms with Gasteiger partial charge >= 0.3 is 0 Å². The van der Waals surface area contributed by atoms with Gasteiger partial charge in [0.2, 0.25) is 0 Å². The van der Waals surface area contributed by atoms with Crippen molar-refractivity contribution in [3.05, 3.63) is 23.5 Å². The van der Waals surface area contributed by atoms with Gasteiger partial charge in [0.05, 0.1) is 0 Å². The van der Waals surface area contributed by atoms with E-state index in [9.17, 15) is 0 Å². The summed E-state index contributed by atoms with van der Waals surface area (Å²) < 4.78 is 2.53. The number of nitrogens with zero attached hydrogens (tertiary/aromatic N) is 1. The Hall–Kier alpha value is -0.720. The van der Waals surface area contributed by atoms with E-state index in [1.807, 2.05) is 0 Å². The first kappa shape index (κ1) is 8.86. The Morgan fingerprint density at radius 1 is 1.15 bits per heavy atom. The third-order valence-corrected chi connectivity index (χ3v) is 3.47. The van der Waals surface area contributed by atoms with Crippen molar-refractivity contribution in [2.24, 2.45) is 5.92 Å². The van der Waals surface area contributed by atoms with Crippen LogP contribution in [0.4, 0.5) is 0 Å². The van der Waals surface area contributed by atoms with E-state index < -0.39 is 0 Å². The van der Waals surface area contributed by atoms with Crippen LogP contribution in [0.2, 0.25) is 0 Å². The minimum Gasteiger partial charge on any atom is -0.346 e. The molecule has 2 atom stereocenters. The van der Waals surface area contributed by atoms with E-state index in [1.54, 1.807) is 0 Å². The van der Waals surface area contributed by atoms with E-state index >= 15 is 0 Å². The maximum Gasteiger partial charge on any atom is 0.0361 e. The molecule has 1 heterocycles. The SMILES string of the molecule is Cc1ccc(C)n1C1CCCC1C. The zero-order valence-corrected chi connectivity index (χ0v) is 8.88. The number of rotatable bonds is 1. The molecule has 0 saturated heterocycles. The Balaban J connectivity index is 2.33. The van der Waals surface area contributed by atoms with Gasteiger partial charge in [0.15, 0.2) is 0 Å². The fourth-order valence-corrected chi connectivity index (χ4v) is 2.71. The smallest absolute Gasteiger partial charge is 0.0361 e. The highest BCUT2D eigenvalue weighted by Crippen LogP contribution is 2.36. The second-order valence-electron chi connectivity index (χ2n) is 4.46. The van der Waals surface area contributed by atoms with Crippen LogP contribution in [0.15, 0.2) is 12.1 Å². The summed E-state index contributed by atoms with van der Waals surface area (Å²) in [6.45, 7) is 6.83. The zero-order valence-electron chi connectivity index (χ0n) is 8.88. The Bertz CT molecular complexity index is 279. The maximum absolute atomic E-state index is 2.53. The fourth-order valence-electron chi connectivity index (χ4n) is 2.71. The standard InChI is InChI=1S/C12H19N/c1-9-5-4-6-12(9)13-10(2)7-8-11(13)3/h7-9,12H,4-6H2,1-3H3. The number of aromatic nitrogens is 1. The third kappa shape index (κ3) is 1.41. The van der Waals surface area contributed by atoms with Crippen molar-refractivity contribution in [3.8, 4) is 0 Å². The second kappa shape index (κ2) is 3.21. The van der Waals surface area contributed by atoms with E-state index in [-0.39, 0.29) is 0 Å². The van der Waals surface area contributed by atoms with Crippen molar-refractivity contribution in [1.29, 1.82) is 0 Å². The summed E-state index contributed by atoms with van der Waals surface area (Å²) in [5.41, 5.74) is 2.85. The van der Waals surface area contributed by atoms with Gasteiger partial charge in [0.25, 0.3) is 0 Å². The quantitative estimate of drug-likeness (QED) is 0.619. The van der Waals surface area contributed by atoms with Crippen LogP contribution in [0, 0.1) is 19.8 Å². The van der Waals surface area contributed by atoms with Crippen molar-refractivity contribution in [1.82, 2.24) is 4.57 Å². The highest BCUT2D eigenvalue weighted by Gasteiger charge is 2.25. The molecule has 2 unspecified atom stereocenters. The second-order valence-corrected chi connectivity index (χ2v) is 4.46. The van der Waals surface area contributed by atoms with E-state index in [4.69, 9.17) is 0 Å². The van der Waals surface area contributed by atoms with Gasteiger partial charge in [-0.1, -0.05) is 13.3 Å². The molecule has 1 aliphatic rings. The van der Waals surface area contributed by atoms with Crippen LogP contribution in [0.3, 0.4) is 0 Å². The summed E-state index contributed by atoms with van der Waals surface area (Å²) in [6, 6.07) is 5.25. The summed E-state index contributed by atoms with van der Waals surface area (Å²) in [4.78, 5) is 0. The average Bonchev–Trinajstić information content (AvgIpc) is 2.60. The Morgan fingerprint density at radius 2 is 1.77 bits per heavy atom. The molecule has 1 fully saturated rings. The number of hydrogen-bond acceptors (Lipinski definition) is 0. The molecule has 1 saturated carbocycles. The monoisotopic (exact) mass is 177 g/mol. The first-order valence-electron chi connectivity index (χ1n) is 5.34. The third-order valence-electron chi connectivity index (χ3n) is 3.47. The number of aryl methyl sites for hydroxylation is 2. The molecule has 0 aliphatic heterocycles. The van der Waals surface area contributed by atoms with Gasteiger partial charge in [-0.05, 0) is 44.7 Å². The van der Waals surface area contributed by atoms with Crippen molar-refractivity contribution >= 4 is 0 Å². The van der Waals surface area contributed by atoms with Gasteiger partial charge in [-0.3, -0.25) is 0 Å². The minimum atomic E-state index is 0.773. The molecule has 0 amide bonds. The van der Waals surface area contributed by atoms with Crippen LogP contribution in [0.5, 0.6) is 0 Å². The molecule has 1 aliphatic carbocycles. The van der Waals surface area contributed by atoms with Gasteiger partial charge in [0, 0.05) is 17.4 Å². The van der Waals surface area contributed by atoms with Crippen LogP contribution in [0.25, 0.3) is 0 Å². The van der Waals surface area contributed by atoms with E-state index in [1.165, 1.54) is 30.7 Å². The average molecular weight is 177 g/mol. The molecular weight excluding hydrogens is 158 g/mol. The molecule has 1 heteroatoms. The maximum atomic E-state index is 2.53. The van der Waals surface area contributed by atoms with Gasteiger partial charge in [-0.25, -0.2) is 0 Å². The van der Waals surface area contributed by atoms with E-state index in [0.717, 1.165) is 12.0 Å². The molecule has 0 radical (unpaired) electrons. The van der Waals surface area contributed by atoms with Gasteiger partial charge in [-0.15, -0.1) is 0 Å². The molecular formula is C12H19N. The van der Waals surface area contributed by atoms with Gasteiger partial charge in [-0.2, -0.15) is 0 Å². The highest BCUT2D eigenvalue weighted by molar-refractivity contribution is 5.15. The Kier molecular flexibility index (Phi) is 2.19. The summed E-state index contributed by atoms with van der Waals surface area (Å²) in [7, 11) is 0. The summed E-state index contributed by atoms with van der Waals surface area (Å²) in [5.74, 6) is 0.866. The normalized spacial score (nSPS) is 28.2. The van der Waals surface area contributed by atoms with Crippen molar-refractivity contribution in [3.63, 3.8) is 0 Å². The minimum absolute atomic E-state index is 0.773. The topological polar surface area (TPSA) is 4.93 Å². The largest absolute Gasteiger partial charge is 0.346 e. The lowest BCUT2D eigenvalue weighted by Gasteiger charge is -2.21. The highest BCUT2D eigenvalue weighted by atomic mass is 15.0. The molecule has 0 bridgehead atoms. The molecule has 0 spiro atoms. The lowest BCUT2D eigenvalue weighted by atomic mass is 10.1. The summed E-state index contributed by atoms with van der Waals surface area (Å²) in [5, 5.41) is 0. The molecule has 0 aromatic carbocycles. The van der Waals surface area contributed by atoms with Crippen molar-refractivity contribution < 1.29 is 0 Å². The molecule has 1 nitrogen and oxygen atoms in total. The fraction of sp³-hybridized carbons (Fsp3) is 0.667. The van der Waals surface area contributed by atoms with E-state index in [2.05, 4.69) is 37.5 Å². The first-order chi connectivity index (χ1) is 6.20. The zero-order chi connectivity index (χ0) is 9.42. The number of hydrogen-bond donors (Lipinski definition) is 0. The van der Waals surface area contributed by atoms with Crippen LogP contribution >= 0.6 is 0 Å². The van der Waals surface area contributed by atoms with Crippen LogP contribution < -0.4 is 0 Å². The molecule has 1 aromatic rings. The van der Waals surface area contributed by atoms with Crippen molar-refractivity contribution in [2.75, 3.05) is 0 Å². The molecule has 2 rings (SSSR count). The Labute approximate surface area is 80.8 Å². The summed E-state index contributed by atoms with van der Waals surface area (Å²) in [6.07, 6.45) is 4.18. The lowest BCUT2D eigenvalue weighted by Crippen LogP contribution is -2.14. The molecule has 0 N–H and O–H groups in total. The van der Waals surface area contributed by atoms with Crippen LogP contribution in [0.1, 0.15) is 43.6 Å². The Morgan fingerprint density at radius 3 is 2.23 bits per heavy atom. The predicted molar refractivity (Wildman–Crippen MR) is 56.0 cm³/mol. The van der Waals surface area contributed by atoms with Gasteiger partial charge < -0.3 is 4.57 Å². The molecule has 13 heavy (non-hydrogen) atoms. The predicted octanol–water partition coefficient (Wildman–Crippen LogP) is 3.47. The first-order valence-corrected chi connectivity index (χ1v) is 5.34. The van der Waals surface area contributed by atoms with Crippen LogP contribution in [-0.4, -0.2) is 4.57 Å².